The summed E-state index contributed by atoms with van der Waals surface area (Å²) in [4.78, 5) is 0. The van der Waals surface area contributed by atoms with E-state index < -0.39 is 0 Å². The van der Waals surface area contributed by atoms with Gasteiger partial charge in [0, 0.05) is 53.1 Å². The normalized spacial score (nSPS) is 12.4. The smallest absolute Gasteiger partial charge is 0.0656 e. The van der Waals surface area contributed by atoms with E-state index in [0.717, 1.165) is 5.69 Å². The van der Waals surface area contributed by atoms with Crippen molar-refractivity contribution < 1.29 is 0 Å². The second kappa shape index (κ2) is 10.8. The van der Waals surface area contributed by atoms with Gasteiger partial charge in [-0.3, -0.25) is 0 Å². The molecular formula is C52H30N2S. The number of hydrogen-bond donors (Lipinski definition) is 0. The minimum Gasteiger partial charge on any atom is -0.308 e. The quantitative estimate of drug-likeness (QED) is 0.172. The van der Waals surface area contributed by atoms with Crippen molar-refractivity contribution in [2.45, 2.75) is 0 Å². The van der Waals surface area contributed by atoms with Crippen LogP contribution in [0.3, 0.4) is 0 Å². The van der Waals surface area contributed by atoms with Gasteiger partial charge in [0.05, 0.1) is 22.1 Å². The maximum atomic E-state index is 2.55. The van der Waals surface area contributed by atoms with Gasteiger partial charge >= 0.3 is 0 Å². The first-order chi connectivity index (χ1) is 27.3. The number of thiophene rings is 1. The molecule has 3 heterocycles. The molecule has 0 atom stereocenters. The number of nitrogens with zero attached hydrogens (tertiary/aromatic N) is 2. The van der Waals surface area contributed by atoms with Crippen LogP contribution >= 0.6 is 11.3 Å². The molecule has 0 fully saturated rings. The third-order valence-electron chi connectivity index (χ3n) is 12.0. The van der Waals surface area contributed by atoms with Crippen molar-refractivity contribution in [2.24, 2.45) is 0 Å². The molecule has 1 aliphatic carbocycles. The third kappa shape index (κ3) is 3.82. The lowest BCUT2D eigenvalue weighted by atomic mass is 9.94. The summed E-state index contributed by atoms with van der Waals surface area (Å²) in [7, 11) is 0. The Bertz CT molecular complexity index is 3570. The van der Waals surface area contributed by atoms with E-state index in [1.54, 1.807) is 0 Å². The first-order valence-electron chi connectivity index (χ1n) is 18.9. The highest BCUT2D eigenvalue weighted by atomic mass is 32.1. The number of aromatic nitrogens is 2. The third-order valence-corrected chi connectivity index (χ3v) is 13.2. The lowest BCUT2D eigenvalue weighted by Crippen LogP contribution is -1.96. The molecule has 3 aromatic heterocycles. The van der Waals surface area contributed by atoms with E-state index in [-0.39, 0.29) is 0 Å². The molecule has 3 heteroatoms. The fraction of sp³-hybridized carbons (Fsp3) is 0. The van der Waals surface area contributed by atoms with Crippen LogP contribution in [0.5, 0.6) is 0 Å². The summed E-state index contributed by atoms with van der Waals surface area (Å²) in [5.41, 5.74) is 15.1. The predicted molar refractivity (Wildman–Crippen MR) is 235 cm³/mol. The molecule has 0 N–H and O–H groups in total. The van der Waals surface area contributed by atoms with Gasteiger partial charge in [0.1, 0.15) is 0 Å². The zero-order valence-electron chi connectivity index (χ0n) is 29.6. The van der Waals surface area contributed by atoms with Gasteiger partial charge in [-0.2, -0.15) is 0 Å². The average Bonchev–Trinajstić information content (AvgIpc) is 3.99. The second-order valence-electron chi connectivity index (χ2n) is 14.8. The van der Waals surface area contributed by atoms with E-state index in [9.17, 15) is 0 Å². The summed E-state index contributed by atoms with van der Waals surface area (Å²) in [6.07, 6.45) is 0. The van der Waals surface area contributed by atoms with E-state index in [1.807, 2.05) is 11.3 Å². The molecule has 0 spiro atoms. The Morgan fingerprint density at radius 2 is 0.855 bits per heavy atom. The van der Waals surface area contributed by atoms with E-state index >= 15 is 0 Å². The topological polar surface area (TPSA) is 9.86 Å². The summed E-state index contributed by atoms with van der Waals surface area (Å²) < 4.78 is 7.71. The Hall–Kier alpha value is -6.94. The van der Waals surface area contributed by atoms with Crippen molar-refractivity contribution in [3.05, 3.63) is 182 Å². The van der Waals surface area contributed by atoms with Crippen LogP contribution < -0.4 is 0 Å². The van der Waals surface area contributed by atoms with Crippen LogP contribution in [0.4, 0.5) is 0 Å². The van der Waals surface area contributed by atoms with Crippen LogP contribution in [0, 0.1) is 0 Å². The van der Waals surface area contributed by atoms with Gasteiger partial charge in [-0.15, -0.1) is 11.3 Å². The van der Waals surface area contributed by atoms with E-state index in [0.29, 0.717) is 0 Å². The Balaban J connectivity index is 1.19. The Kier molecular flexibility index (Phi) is 5.80. The lowest BCUT2D eigenvalue weighted by Gasteiger charge is -2.14. The molecule has 0 bridgehead atoms. The number of fused-ring (bicyclic) bond motifs is 15. The Labute approximate surface area is 320 Å². The minimum absolute atomic E-state index is 1.16. The summed E-state index contributed by atoms with van der Waals surface area (Å²) in [6, 6.07) is 67.4. The second-order valence-corrected chi connectivity index (χ2v) is 15.8. The van der Waals surface area contributed by atoms with Crippen molar-refractivity contribution in [2.75, 3.05) is 0 Å². The van der Waals surface area contributed by atoms with Gasteiger partial charge in [-0.05, 0) is 86.6 Å². The summed E-state index contributed by atoms with van der Waals surface area (Å²) >= 11 is 1.92. The minimum atomic E-state index is 1.16. The fourth-order valence-electron chi connectivity index (χ4n) is 9.87. The molecule has 254 valence electrons. The molecular weight excluding hydrogens is 685 g/mol. The zero-order chi connectivity index (χ0) is 35.8. The molecule has 0 radical (unpaired) electrons. The van der Waals surface area contributed by atoms with Gasteiger partial charge in [0.25, 0.3) is 0 Å². The van der Waals surface area contributed by atoms with Crippen molar-refractivity contribution >= 4 is 85.9 Å². The number of benzene rings is 9. The van der Waals surface area contributed by atoms with E-state index in [1.165, 1.54) is 114 Å². The standard InChI is InChI=1S/C52H30N2S/c1-2-15-32(16-3-1)53-43-25-9-6-20-40(43)47-50-48(52-49(51(47)53)42-22-8-11-27-45(42)55-52)41-21-7-10-26-44(41)54(50)33-17-12-14-31(30-33)34-28-29-39-36-19-5-4-18-35(36)38-24-13-23-37(34)46(38)39/h1-30H. The number of para-hydroxylation sites is 3. The molecule has 0 saturated heterocycles. The van der Waals surface area contributed by atoms with Crippen molar-refractivity contribution in [3.8, 4) is 44.8 Å². The van der Waals surface area contributed by atoms with Crippen LogP contribution in [0.15, 0.2) is 182 Å². The molecule has 9 aromatic carbocycles. The molecule has 0 amide bonds. The van der Waals surface area contributed by atoms with Gasteiger partial charge in [-0.25, -0.2) is 0 Å². The van der Waals surface area contributed by atoms with Crippen LogP contribution in [-0.2, 0) is 0 Å². The van der Waals surface area contributed by atoms with E-state index in [4.69, 9.17) is 0 Å². The number of hydrogen-bond acceptors (Lipinski definition) is 1. The molecule has 0 unspecified atom stereocenters. The van der Waals surface area contributed by atoms with Crippen molar-refractivity contribution in [3.63, 3.8) is 0 Å². The highest BCUT2D eigenvalue weighted by Gasteiger charge is 2.27. The predicted octanol–water partition coefficient (Wildman–Crippen LogP) is 14.7. The highest BCUT2D eigenvalue weighted by Crippen LogP contribution is 2.52. The Morgan fingerprint density at radius 1 is 0.327 bits per heavy atom. The van der Waals surface area contributed by atoms with Gasteiger partial charge in [0.15, 0.2) is 0 Å². The van der Waals surface area contributed by atoms with Gasteiger partial charge in [-0.1, -0.05) is 140 Å². The Morgan fingerprint density at radius 3 is 1.64 bits per heavy atom. The molecule has 1 aliphatic rings. The summed E-state index contributed by atoms with van der Waals surface area (Å²) in [6.45, 7) is 0. The SMILES string of the molecule is c1ccc(-n2c3ccccc3c3c4c(c5ccccc5n4-c4cccc(-c5ccc6c7c(cccc57)-c5ccccc5-6)c4)c4sc5ccccc5c4c32)cc1. The molecule has 2 nitrogen and oxygen atoms in total. The maximum Gasteiger partial charge on any atom is 0.0656 e. The first kappa shape index (κ1) is 29.5. The van der Waals surface area contributed by atoms with Crippen LogP contribution in [0.1, 0.15) is 0 Å². The highest BCUT2D eigenvalue weighted by molar-refractivity contribution is 7.27. The molecule has 55 heavy (non-hydrogen) atoms. The first-order valence-corrected chi connectivity index (χ1v) is 19.8. The van der Waals surface area contributed by atoms with Crippen LogP contribution in [0.2, 0.25) is 0 Å². The van der Waals surface area contributed by atoms with Crippen molar-refractivity contribution in [1.29, 1.82) is 0 Å². The van der Waals surface area contributed by atoms with E-state index in [2.05, 4.69) is 191 Å². The number of rotatable bonds is 3. The monoisotopic (exact) mass is 714 g/mol. The summed E-state index contributed by atoms with van der Waals surface area (Å²) in [5.74, 6) is 0. The van der Waals surface area contributed by atoms with Crippen LogP contribution in [0.25, 0.3) is 119 Å². The molecule has 0 saturated carbocycles. The zero-order valence-corrected chi connectivity index (χ0v) is 30.4. The van der Waals surface area contributed by atoms with Gasteiger partial charge < -0.3 is 9.13 Å². The van der Waals surface area contributed by atoms with Crippen LogP contribution in [-0.4, -0.2) is 9.13 Å². The average molecular weight is 715 g/mol. The summed E-state index contributed by atoms with van der Waals surface area (Å²) in [5, 5.41) is 10.4. The molecule has 0 aliphatic heterocycles. The molecule has 12 aromatic rings. The fourth-order valence-corrected chi connectivity index (χ4v) is 11.1. The largest absolute Gasteiger partial charge is 0.308 e. The molecule has 13 rings (SSSR count). The van der Waals surface area contributed by atoms with Crippen molar-refractivity contribution in [1.82, 2.24) is 9.13 Å². The van der Waals surface area contributed by atoms with Gasteiger partial charge in [0.2, 0.25) is 0 Å². The lowest BCUT2D eigenvalue weighted by molar-refractivity contribution is 1.18. The maximum absolute atomic E-state index is 2.55.